The van der Waals surface area contributed by atoms with Crippen LogP contribution in [-0.4, -0.2) is 68.4 Å². The number of halogens is 1. The van der Waals surface area contributed by atoms with E-state index in [0.29, 0.717) is 31.3 Å². The molecule has 400 valence electrons. The maximum atomic E-state index is 13.0. The minimum Gasteiger partial charge on any atom is -0.489 e. The van der Waals surface area contributed by atoms with Crippen LogP contribution < -0.4 is 35.1 Å². The maximum Gasteiger partial charge on any atom is 0.413 e. The summed E-state index contributed by atoms with van der Waals surface area (Å²) in [6, 6.07) is 38.8. The fraction of sp³-hybridized carbons (Fsp3) is 0.404. The van der Waals surface area contributed by atoms with E-state index in [4.69, 9.17) is 23.7 Å². The molecule has 5 aromatic carbocycles. The predicted octanol–water partition coefficient (Wildman–Crippen LogP) is 12.5. The summed E-state index contributed by atoms with van der Waals surface area (Å²) in [5.74, 6) is 1.05. The molecule has 0 spiro atoms. The third kappa shape index (κ3) is 20.7. The van der Waals surface area contributed by atoms with Crippen molar-refractivity contribution < 1.29 is 47.8 Å². The summed E-state index contributed by atoms with van der Waals surface area (Å²) in [6.07, 6.45) is 9.25. The monoisotopic (exact) mass is 1040 g/mol. The van der Waals surface area contributed by atoms with Crippen molar-refractivity contribution in [2.45, 2.75) is 111 Å². The summed E-state index contributed by atoms with van der Waals surface area (Å²) >= 11 is 0. The Labute approximate surface area is 442 Å². The summed E-state index contributed by atoms with van der Waals surface area (Å²) in [7, 11) is 3.59. The van der Waals surface area contributed by atoms with Crippen LogP contribution in [0.1, 0.15) is 96.6 Å². The number of carbonyl (C=O) groups excluding carboxylic acids is 4. The largest absolute Gasteiger partial charge is 0.489 e. The lowest BCUT2D eigenvalue weighted by molar-refractivity contribution is -0.384. The van der Waals surface area contributed by atoms with Gasteiger partial charge in [-0.1, -0.05) is 119 Å². The third-order valence-corrected chi connectivity index (χ3v) is 12.3. The van der Waals surface area contributed by atoms with E-state index in [1.54, 1.807) is 20.9 Å². The second kappa shape index (κ2) is 33.4. The Kier molecular flexibility index (Phi) is 27.5. The Morgan fingerprint density at radius 2 is 1.09 bits per heavy atom. The van der Waals surface area contributed by atoms with Crippen LogP contribution in [0.3, 0.4) is 0 Å². The van der Waals surface area contributed by atoms with Crippen LogP contribution in [-0.2, 0) is 32.3 Å². The number of nitrogens with one attached hydrogen (secondary N) is 3. The lowest BCUT2D eigenvalue weighted by Crippen LogP contribution is -2.51. The number of hydrogen-bond acceptors (Lipinski definition) is 12. The zero-order valence-corrected chi connectivity index (χ0v) is 43.0. The molecule has 2 aliphatic rings. The van der Waals surface area contributed by atoms with Gasteiger partial charge in [0.1, 0.15) is 42.5 Å². The minimum atomic E-state index is -0.780. The molecule has 0 unspecified atom stereocenters. The van der Waals surface area contributed by atoms with Crippen LogP contribution in [0.2, 0.25) is 0 Å². The SMILES string of the molecule is C.CCOC(=O)[C@@H](NC(=O)N(C)c1cccc(OCc2ccccc2)c1)C1CCCCC1.CCOC(=O)[C@@H](NC(=O)Oc1ccc([N+](=O)[O-])cc1)C1CCCCC1.CNc1cccc(OCc2ccccc2)c1.Cl. The number of hydrogen-bond donors (Lipinski definition) is 3. The van der Waals surface area contributed by atoms with E-state index in [9.17, 15) is 29.3 Å². The second-order valence-corrected chi connectivity index (χ2v) is 17.4. The topological polar surface area (TPSA) is 197 Å². The molecule has 2 aliphatic carbocycles. The molecular formula is C57H74ClN5O11. The Bertz CT molecular complexity index is 2440. The van der Waals surface area contributed by atoms with E-state index < -0.39 is 29.1 Å². The van der Waals surface area contributed by atoms with Crippen molar-refractivity contribution in [1.29, 1.82) is 0 Å². The molecule has 16 nitrogen and oxygen atoms in total. The first-order valence-corrected chi connectivity index (χ1v) is 24.8. The van der Waals surface area contributed by atoms with E-state index >= 15 is 0 Å². The Balaban J connectivity index is 0.000000302. The maximum absolute atomic E-state index is 13.0. The summed E-state index contributed by atoms with van der Waals surface area (Å²) in [6.45, 7) is 5.09. The quantitative estimate of drug-likeness (QED) is 0.0427. The molecule has 0 aromatic heterocycles. The van der Waals surface area contributed by atoms with Crippen LogP contribution >= 0.6 is 12.4 Å². The summed E-state index contributed by atoms with van der Waals surface area (Å²) in [5.41, 5.74) is 3.90. The molecule has 2 atom stereocenters. The molecule has 74 heavy (non-hydrogen) atoms. The smallest absolute Gasteiger partial charge is 0.413 e. The van der Waals surface area contributed by atoms with Gasteiger partial charge in [-0.05, 0) is 98.9 Å². The third-order valence-electron chi connectivity index (χ3n) is 12.3. The van der Waals surface area contributed by atoms with Gasteiger partial charge in [-0.15, -0.1) is 12.4 Å². The van der Waals surface area contributed by atoms with E-state index in [2.05, 4.69) is 28.1 Å². The molecule has 17 heteroatoms. The molecule has 0 aliphatic heterocycles. The first kappa shape index (κ1) is 61.0. The Morgan fingerprint density at radius 1 is 0.622 bits per heavy atom. The number of non-ortho nitro benzene ring substituents is 1. The predicted molar refractivity (Wildman–Crippen MR) is 291 cm³/mol. The molecule has 0 bridgehead atoms. The van der Waals surface area contributed by atoms with Gasteiger partial charge in [0.25, 0.3) is 5.69 Å². The number of urea groups is 1. The zero-order chi connectivity index (χ0) is 51.5. The van der Waals surface area contributed by atoms with Crippen molar-refractivity contribution in [2.24, 2.45) is 11.8 Å². The van der Waals surface area contributed by atoms with Gasteiger partial charge in [0.2, 0.25) is 0 Å². The number of ether oxygens (including phenoxy) is 5. The summed E-state index contributed by atoms with van der Waals surface area (Å²) in [4.78, 5) is 61.4. The van der Waals surface area contributed by atoms with E-state index in [1.807, 2.05) is 104 Å². The van der Waals surface area contributed by atoms with Gasteiger partial charge in [0.05, 0.1) is 18.1 Å². The highest BCUT2D eigenvalue weighted by molar-refractivity contribution is 5.94. The van der Waals surface area contributed by atoms with Gasteiger partial charge in [-0.2, -0.15) is 0 Å². The number of nitro benzene ring substituents is 1. The number of esters is 2. The van der Waals surface area contributed by atoms with Crippen LogP contribution in [0.25, 0.3) is 0 Å². The highest BCUT2D eigenvalue weighted by Crippen LogP contribution is 2.29. The molecule has 2 saturated carbocycles. The van der Waals surface area contributed by atoms with Gasteiger partial charge in [0, 0.05) is 49.7 Å². The van der Waals surface area contributed by atoms with Crippen molar-refractivity contribution in [3.05, 3.63) is 155 Å². The normalized spacial score (nSPS) is 13.8. The first-order valence-electron chi connectivity index (χ1n) is 24.8. The van der Waals surface area contributed by atoms with Crippen molar-refractivity contribution in [3.8, 4) is 17.2 Å². The van der Waals surface area contributed by atoms with Gasteiger partial charge < -0.3 is 39.6 Å². The number of nitro groups is 1. The molecule has 3 amide bonds. The van der Waals surface area contributed by atoms with E-state index in [0.717, 1.165) is 74.8 Å². The fourth-order valence-electron chi connectivity index (χ4n) is 8.39. The molecule has 0 heterocycles. The number of nitrogens with zero attached hydrogens (tertiary/aromatic N) is 2. The highest BCUT2D eigenvalue weighted by atomic mass is 35.5. The summed E-state index contributed by atoms with van der Waals surface area (Å²) in [5, 5.41) is 19.2. The van der Waals surface area contributed by atoms with Gasteiger partial charge in [-0.25, -0.2) is 19.2 Å². The van der Waals surface area contributed by atoms with E-state index in [1.165, 1.54) is 41.1 Å². The number of benzene rings is 5. The average Bonchev–Trinajstić information content (AvgIpc) is 3.42. The molecule has 0 saturated heterocycles. The van der Waals surface area contributed by atoms with Gasteiger partial charge in [-0.3, -0.25) is 15.0 Å². The molecule has 5 aromatic rings. The molecule has 3 N–H and O–H groups in total. The number of anilines is 2. The average molecular weight is 1040 g/mol. The number of rotatable bonds is 18. The minimum absolute atomic E-state index is 0. The van der Waals surface area contributed by atoms with Crippen LogP contribution in [0.4, 0.5) is 26.7 Å². The number of carbonyl (C=O) groups is 4. The van der Waals surface area contributed by atoms with Crippen molar-refractivity contribution >= 4 is 53.5 Å². The molecule has 7 rings (SSSR count). The molecule has 2 fully saturated rings. The first-order chi connectivity index (χ1) is 35.0. The van der Waals surface area contributed by atoms with Crippen LogP contribution in [0.15, 0.2) is 133 Å². The lowest BCUT2D eigenvalue weighted by atomic mass is 9.84. The molecule has 0 radical (unpaired) electrons. The van der Waals surface area contributed by atoms with Gasteiger partial charge in [0.15, 0.2) is 0 Å². The zero-order valence-electron chi connectivity index (χ0n) is 42.2. The second-order valence-electron chi connectivity index (χ2n) is 17.4. The van der Waals surface area contributed by atoms with Crippen molar-refractivity contribution in [2.75, 3.05) is 37.5 Å². The van der Waals surface area contributed by atoms with Crippen molar-refractivity contribution in [3.63, 3.8) is 0 Å². The van der Waals surface area contributed by atoms with Crippen LogP contribution in [0, 0.1) is 22.0 Å². The number of amides is 3. The Morgan fingerprint density at radius 3 is 1.57 bits per heavy atom. The fourth-order valence-corrected chi connectivity index (χ4v) is 8.39. The Hall–Kier alpha value is -7.33. The highest BCUT2D eigenvalue weighted by Gasteiger charge is 2.34. The van der Waals surface area contributed by atoms with E-state index in [-0.39, 0.29) is 61.7 Å². The van der Waals surface area contributed by atoms with Crippen molar-refractivity contribution in [1.82, 2.24) is 10.6 Å². The lowest BCUT2D eigenvalue weighted by Gasteiger charge is -2.30. The standard InChI is InChI=1S/C25H32N2O4.C17H22N2O6.C14H15NO.CH4.ClH/c1-3-30-24(28)23(20-13-8-5-9-14-20)26-25(29)27(2)21-15-10-16-22(17-21)31-18-19-11-6-4-7-12-19;1-2-24-16(20)15(12-6-4-3-5-7-12)18-17(21)25-14-10-8-13(9-11-14)19(22)23;1-15-13-8-5-9-14(10-13)16-11-12-6-3-2-4-7-12;;/h4,6-7,10-12,15-17,20,23H,3,5,8-9,13-14,18H2,1-2H3,(H,26,29);8-12,15H,2-7H2,1H3,(H,18,21);2-10,15H,11H2,1H3;1H4;1H/t23-;15-;;;/m00.../s1. The summed E-state index contributed by atoms with van der Waals surface area (Å²) < 4.78 is 27.0. The van der Waals surface area contributed by atoms with Gasteiger partial charge >= 0.3 is 24.1 Å². The van der Waals surface area contributed by atoms with Crippen LogP contribution in [0.5, 0.6) is 17.2 Å². The molecular weight excluding hydrogens is 966 g/mol.